The van der Waals surface area contributed by atoms with Crippen LogP contribution >= 0.6 is 0 Å². The lowest BCUT2D eigenvalue weighted by atomic mass is 9.66. The molecule has 0 radical (unpaired) electrons. The van der Waals surface area contributed by atoms with Gasteiger partial charge in [-0.1, -0.05) is 97.1 Å². The Morgan fingerprint density at radius 1 is 0.811 bits per heavy atom. The van der Waals surface area contributed by atoms with E-state index in [1.54, 1.807) is 12.0 Å². The first-order valence-electron chi connectivity index (χ1n) is 12.4. The lowest BCUT2D eigenvalue weighted by Crippen LogP contribution is -2.49. The molecule has 0 aromatic heterocycles. The van der Waals surface area contributed by atoms with Crippen LogP contribution in [0.15, 0.2) is 121 Å². The number of hydrogen-bond acceptors (Lipinski definition) is 3. The second-order valence-electron chi connectivity index (χ2n) is 9.29. The first-order valence-corrected chi connectivity index (χ1v) is 12.4. The van der Waals surface area contributed by atoms with Gasteiger partial charge in [-0.15, -0.1) is 0 Å². The normalized spacial score (nSPS) is 19.1. The monoisotopic (exact) mass is 484 g/mol. The van der Waals surface area contributed by atoms with Crippen molar-refractivity contribution in [2.45, 2.75) is 18.9 Å². The number of hydrogen-bond donors (Lipinski definition) is 0. The molecule has 0 saturated carbocycles. The van der Waals surface area contributed by atoms with E-state index in [-0.39, 0.29) is 5.91 Å². The Morgan fingerprint density at radius 3 is 1.95 bits per heavy atom. The van der Waals surface area contributed by atoms with Gasteiger partial charge in [0.1, 0.15) is 5.75 Å². The second kappa shape index (κ2) is 10.6. The summed E-state index contributed by atoms with van der Waals surface area (Å²) in [5, 5.41) is 10.8. The Labute approximate surface area is 218 Å². The maximum Gasteiger partial charge on any atom is 0.249 e. The van der Waals surface area contributed by atoms with E-state index in [0.29, 0.717) is 13.0 Å². The van der Waals surface area contributed by atoms with E-state index >= 15 is 0 Å². The van der Waals surface area contributed by atoms with Crippen LogP contribution in [0.5, 0.6) is 5.75 Å². The van der Waals surface area contributed by atoms with Crippen LogP contribution in [0.1, 0.15) is 28.2 Å². The molecule has 1 aliphatic heterocycles. The minimum absolute atomic E-state index is 0.190. The Morgan fingerprint density at radius 2 is 1.38 bits per heavy atom. The number of amides is 1. The second-order valence-corrected chi connectivity index (χ2v) is 9.29. The van der Waals surface area contributed by atoms with E-state index in [0.717, 1.165) is 33.7 Å². The number of nitriles is 1. The molecule has 1 aliphatic rings. The molecular weight excluding hydrogens is 456 g/mol. The van der Waals surface area contributed by atoms with Crippen LogP contribution in [-0.2, 0) is 17.8 Å². The molecule has 0 saturated heterocycles. The molecule has 0 aliphatic carbocycles. The van der Waals surface area contributed by atoms with Gasteiger partial charge in [-0.25, -0.2) is 0 Å². The van der Waals surface area contributed by atoms with Gasteiger partial charge in [0.15, 0.2) is 5.41 Å². The smallest absolute Gasteiger partial charge is 0.249 e. The summed E-state index contributed by atoms with van der Waals surface area (Å²) in [7, 11) is 1.64. The summed E-state index contributed by atoms with van der Waals surface area (Å²) < 4.78 is 5.36. The van der Waals surface area contributed by atoms with Crippen molar-refractivity contribution in [2.75, 3.05) is 7.11 Å². The van der Waals surface area contributed by atoms with E-state index in [1.807, 2.05) is 115 Å². The summed E-state index contributed by atoms with van der Waals surface area (Å²) in [5.41, 5.74) is 3.30. The molecule has 5 rings (SSSR count). The number of benzene rings is 4. The van der Waals surface area contributed by atoms with E-state index in [2.05, 4.69) is 12.1 Å². The SMILES string of the molecule is COc1ccc(C2=CC(c3ccccc3)C(C#N)(Cc3ccccc3)C(=O)N2Cc2ccccc2)cc1. The molecule has 0 N–H and O–H groups in total. The van der Waals surface area contributed by atoms with E-state index in [4.69, 9.17) is 4.74 Å². The van der Waals surface area contributed by atoms with E-state index < -0.39 is 11.3 Å². The highest BCUT2D eigenvalue weighted by molar-refractivity contribution is 5.97. The topological polar surface area (TPSA) is 53.3 Å². The number of nitrogens with zero attached hydrogens (tertiary/aromatic N) is 2. The fourth-order valence-corrected chi connectivity index (χ4v) is 5.11. The Hall–Kier alpha value is -4.62. The third-order valence-corrected chi connectivity index (χ3v) is 7.03. The number of ether oxygens (including phenoxy) is 1. The van der Waals surface area contributed by atoms with Crippen LogP contribution in [0.25, 0.3) is 5.70 Å². The summed E-state index contributed by atoms with van der Waals surface area (Å²) in [5.74, 6) is 0.136. The van der Waals surface area contributed by atoms with Crippen LogP contribution in [0, 0.1) is 16.7 Å². The number of rotatable bonds is 7. The number of allylic oxidation sites excluding steroid dienone is 1. The van der Waals surface area contributed by atoms with Crippen LogP contribution in [0.3, 0.4) is 0 Å². The summed E-state index contributed by atoms with van der Waals surface area (Å²) in [6, 6.07) is 39.9. The number of carbonyl (C=O) groups excluding carboxylic acids is 1. The maximum absolute atomic E-state index is 14.6. The van der Waals surface area contributed by atoms with Crippen molar-refractivity contribution >= 4 is 11.6 Å². The van der Waals surface area contributed by atoms with Gasteiger partial charge >= 0.3 is 0 Å². The van der Waals surface area contributed by atoms with Crippen molar-refractivity contribution in [3.8, 4) is 11.8 Å². The molecule has 4 nitrogen and oxygen atoms in total. The molecular formula is C33H28N2O2. The molecule has 0 bridgehead atoms. The van der Waals surface area contributed by atoms with Gasteiger partial charge in [0, 0.05) is 18.0 Å². The molecule has 0 fully saturated rings. The summed E-state index contributed by atoms with van der Waals surface area (Å²) >= 11 is 0. The van der Waals surface area contributed by atoms with Crippen LogP contribution in [0.2, 0.25) is 0 Å². The quantitative estimate of drug-likeness (QED) is 0.296. The minimum Gasteiger partial charge on any atom is -0.497 e. The third-order valence-electron chi connectivity index (χ3n) is 7.03. The van der Waals surface area contributed by atoms with Crippen LogP contribution in [0.4, 0.5) is 0 Å². The van der Waals surface area contributed by atoms with Gasteiger partial charge in [-0.05, 0) is 46.5 Å². The molecule has 0 spiro atoms. The average molecular weight is 485 g/mol. The van der Waals surface area contributed by atoms with Gasteiger partial charge in [0.2, 0.25) is 5.91 Å². The average Bonchev–Trinajstić information content (AvgIpc) is 2.97. The predicted molar refractivity (Wildman–Crippen MR) is 145 cm³/mol. The van der Waals surface area contributed by atoms with Crippen LogP contribution in [-0.4, -0.2) is 17.9 Å². The molecule has 1 amide bonds. The fraction of sp³-hybridized carbons (Fsp3) is 0.152. The summed E-state index contributed by atoms with van der Waals surface area (Å²) in [6.45, 7) is 0.372. The molecule has 182 valence electrons. The zero-order valence-electron chi connectivity index (χ0n) is 20.7. The van der Waals surface area contributed by atoms with Crippen molar-refractivity contribution in [1.29, 1.82) is 5.26 Å². The molecule has 1 heterocycles. The predicted octanol–water partition coefficient (Wildman–Crippen LogP) is 6.61. The maximum atomic E-state index is 14.6. The first kappa shape index (κ1) is 24.1. The lowest BCUT2D eigenvalue weighted by Gasteiger charge is -2.43. The molecule has 4 aromatic carbocycles. The lowest BCUT2D eigenvalue weighted by molar-refractivity contribution is -0.137. The van der Waals surface area contributed by atoms with Crippen molar-refractivity contribution in [3.05, 3.63) is 144 Å². The van der Waals surface area contributed by atoms with Gasteiger partial charge < -0.3 is 9.64 Å². The highest BCUT2D eigenvalue weighted by Crippen LogP contribution is 2.48. The van der Waals surface area contributed by atoms with Gasteiger partial charge in [-0.2, -0.15) is 5.26 Å². The fourth-order valence-electron chi connectivity index (χ4n) is 5.11. The minimum atomic E-state index is -1.30. The standard InChI is InChI=1S/C33H28N2O2/c1-37-29-19-17-28(18-20-29)31-21-30(27-15-9-4-10-16-27)33(24-34,22-25-11-5-2-6-12-25)32(36)35(31)23-26-13-7-3-8-14-26/h2-21,30H,22-23H2,1H3. The number of carbonyl (C=O) groups is 1. The Balaban J connectivity index is 1.71. The Kier molecular flexibility index (Phi) is 6.87. The molecule has 4 heteroatoms. The number of methoxy groups -OCH3 is 1. The molecule has 2 unspecified atom stereocenters. The molecule has 2 atom stereocenters. The van der Waals surface area contributed by atoms with Gasteiger partial charge in [0.25, 0.3) is 0 Å². The van der Waals surface area contributed by atoms with Crippen molar-refractivity contribution in [3.63, 3.8) is 0 Å². The highest BCUT2D eigenvalue weighted by atomic mass is 16.5. The summed E-state index contributed by atoms with van der Waals surface area (Å²) in [6.07, 6.45) is 2.42. The van der Waals surface area contributed by atoms with Gasteiger partial charge in [0.05, 0.1) is 19.7 Å². The zero-order valence-corrected chi connectivity index (χ0v) is 20.7. The third kappa shape index (κ3) is 4.77. The molecule has 37 heavy (non-hydrogen) atoms. The van der Waals surface area contributed by atoms with Crippen molar-refractivity contribution in [1.82, 2.24) is 4.90 Å². The van der Waals surface area contributed by atoms with E-state index in [1.165, 1.54) is 0 Å². The van der Waals surface area contributed by atoms with Crippen molar-refractivity contribution in [2.24, 2.45) is 5.41 Å². The molecule has 4 aromatic rings. The zero-order chi connectivity index (χ0) is 25.7. The summed E-state index contributed by atoms with van der Waals surface area (Å²) in [4.78, 5) is 16.4. The van der Waals surface area contributed by atoms with Gasteiger partial charge in [-0.3, -0.25) is 4.79 Å². The largest absolute Gasteiger partial charge is 0.497 e. The first-order chi connectivity index (χ1) is 18.1. The van der Waals surface area contributed by atoms with Crippen LogP contribution < -0.4 is 4.74 Å². The highest BCUT2D eigenvalue weighted by Gasteiger charge is 2.52. The Bertz CT molecular complexity index is 1420. The van der Waals surface area contributed by atoms with E-state index in [9.17, 15) is 10.1 Å². The van der Waals surface area contributed by atoms with Crippen molar-refractivity contribution < 1.29 is 9.53 Å².